The van der Waals surface area contributed by atoms with Crippen LogP contribution in [-0.2, 0) is 16.2 Å². The van der Waals surface area contributed by atoms with Crippen molar-refractivity contribution in [2.24, 2.45) is 5.73 Å². The van der Waals surface area contributed by atoms with Gasteiger partial charge in [-0.25, -0.2) is 5.06 Å². The van der Waals surface area contributed by atoms with Gasteiger partial charge < -0.3 is 5.73 Å². The van der Waals surface area contributed by atoms with Crippen LogP contribution in [-0.4, -0.2) is 23.6 Å². The smallest absolute Gasteiger partial charge is 0.265 e. The summed E-state index contributed by atoms with van der Waals surface area (Å²) in [4.78, 5) is 16.3. The van der Waals surface area contributed by atoms with E-state index in [0.29, 0.717) is 13.2 Å². The second-order valence-electron chi connectivity index (χ2n) is 3.26. The molecular formula is C10H12N2O2. The van der Waals surface area contributed by atoms with Crippen molar-refractivity contribution < 1.29 is 9.63 Å². The molecule has 14 heavy (non-hydrogen) atoms. The fraction of sp³-hybridized carbons (Fsp3) is 0.300. The van der Waals surface area contributed by atoms with Crippen LogP contribution in [0, 0.1) is 0 Å². The van der Waals surface area contributed by atoms with Crippen LogP contribution in [0.25, 0.3) is 0 Å². The van der Waals surface area contributed by atoms with Crippen molar-refractivity contribution >= 4 is 5.91 Å². The first kappa shape index (κ1) is 9.18. The maximum absolute atomic E-state index is 11.1. The fourth-order valence-electron chi connectivity index (χ4n) is 1.26. The number of nitrogens with two attached hydrogens (primary N) is 1. The van der Waals surface area contributed by atoms with Crippen molar-refractivity contribution in [2.45, 2.75) is 12.6 Å². The molecule has 0 aromatic heterocycles. The number of hydrogen-bond donors (Lipinski definition) is 1. The van der Waals surface area contributed by atoms with Crippen LogP contribution in [0.3, 0.4) is 0 Å². The van der Waals surface area contributed by atoms with Gasteiger partial charge in [0.25, 0.3) is 5.91 Å². The zero-order valence-electron chi connectivity index (χ0n) is 7.72. The molecule has 1 aliphatic rings. The highest BCUT2D eigenvalue weighted by molar-refractivity contribution is 5.86. The van der Waals surface area contributed by atoms with Crippen molar-refractivity contribution in [3.63, 3.8) is 0 Å². The monoisotopic (exact) mass is 192 g/mol. The van der Waals surface area contributed by atoms with Gasteiger partial charge in [0.1, 0.15) is 12.6 Å². The van der Waals surface area contributed by atoms with Crippen molar-refractivity contribution in [1.82, 2.24) is 5.06 Å². The van der Waals surface area contributed by atoms with Gasteiger partial charge in [0.05, 0.1) is 6.54 Å². The number of carbonyl (C=O) groups is 1. The van der Waals surface area contributed by atoms with Gasteiger partial charge in [-0.15, -0.1) is 0 Å². The van der Waals surface area contributed by atoms with E-state index >= 15 is 0 Å². The van der Waals surface area contributed by atoms with Gasteiger partial charge in [-0.1, -0.05) is 30.3 Å². The Kier molecular flexibility index (Phi) is 2.47. The maximum atomic E-state index is 11.1. The van der Waals surface area contributed by atoms with Crippen LogP contribution >= 0.6 is 0 Å². The fourth-order valence-corrected chi connectivity index (χ4v) is 1.26. The lowest BCUT2D eigenvalue weighted by Crippen LogP contribution is -2.60. The van der Waals surface area contributed by atoms with Crippen LogP contribution in [0.5, 0.6) is 0 Å². The number of β-lactam (4-membered cyclic amide) rings is 1. The van der Waals surface area contributed by atoms with Crippen LogP contribution in [0.4, 0.5) is 0 Å². The predicted octanol–water partition coefficient (Wildman–Crippen LogP) is 0.288. The van der Waals surface area contributed by atoms with E-state index in [1.54, 1.807) is 0 Å². The first-order chi connectivity index (χ1) is 6.77. The Labute approximate surface area is 82.2 Å². The number of carbonyl (C=O) groups excluding carboxylic acids is 1. The average molecular weight is 192 g/mol. The third-order valence-electron chi connectivity index (χ3n) is 2.16. The van der Waals surface area contributed by atoms with Crippen LogP contribution in [0.2, 0.25) is 0 Å². The zero-order chi connectivity index (χ0) is 9.97. The van der Waals surface area contributed by atoms with Crippen LogP contribution < -0.4 is 5.73 Å². The summed E-state index contributed by atoms with van der Waals surface area (Å²) in [6.45, 7) is 0.908. The molecule has 1 fully saturated rings. The van der Waals surface area contributed by atoms with E-state index in [1.165, 1.54) is 5.06 Å². The minimum atomic E-state index is -0.370. The lowest BCUT2D eigenvalue weighted by Gasteiger charge is -2.34. The minimum absolute atomic E-state index is 0.138. The molecule has 1 amide bonds. The van der Waals surface area contributed by atoms with Gasteiger partial charge >= 0.3 is 0 Å². The summed E-state index contributed by atoms with van der Waals surface area (Å²) < 4.78 is 0. The van der Waals surface area contributed by atoms with E-state index in [4.69, 9.17) is 10.6 Å². The Bertz CT molecular complexity index is 326. The van der Waals surface area contributed by atoms with Crippen molar-refractivity contribution in [3.8, 4) is 0 Å². The molecule has 0 radical (unpaired) electrons. The van der Waals surface area contributed by atoms with E-state index in [2.05, 4.69) is 0 Å². The van der Waals surface area contributed by atoms with E-state index < -0.39 is 0 Å². The largest absolute Gasteiger partial charge is 0.318 e. The average Bonchev–Trinajstić information content (AvgIpc) is 2.25. The molecule has 0 spiro atoms. The molecule has 1 aromatic carbocycles. The van der Waals surface area contributed by atoms with Gasteiger partial charge in [0, 0.05) is 0 Å². The number of amides is 1. The molecule has 1 saturated heterocycles. The first-order valence-corrected chi connectivity index (χ1v) is 4.51. The van der Waals surface area contributed by atoms with Crippen LogP contribution in [0.1, 0.15) is 5.56 Å². The summed E-state index contributed by atoms with van der Waals surface area (Å²) in [6, 6.07) is 9.33. The molecule has 74 valence electrons. The number of nitrogens with zero attached hydrogens (tertiary/aromatic N) is 1. The Morgan fingerprint density at radius 2 is 2.14 bits per heavy atom. The highest BCUT2D eigenvalue weighted by Gasteiger charge is 2.34. The van der Waals surface area contributed by atoms with Gasteiger partial charge in [0.15, 0.2) is 0 Å². The van der Waals surface area contributed by atoms with Gasteiger partial charge in [-0.3, -0.25) is 9.63 Å². The zero-order valence-corrected chi connectivity index (χ0v) is 7.72. The summed E-state index contributed by atoms with van der Waals surface area (Å²) in [5, 5.41) is 1.30. The van der Waals surface area contributed by atoms with Gasteiger partial charge in [-0.2, -0.15) is 0 Å². The highest BCUT2D eigenvalue weighted by Crippen LogP contribution is 2.10. The summed E-state index contributed by atoms with van der Waals surface area (Å²) in [5.41, 5.74) is 6.45. The second kappa shape index (κ2) is 3.77. The lowest BCUT2D eigenvalue weighted by molar-refractivity contribution is -0.216. The second-order valence-corrected chi connectivity index (χ2v) is 3.26. The number of benzene rings is 1. The topological polar surface area (TPSA) is 55.6 Å². The molecule has 1 atom stereocenters. The van der Waals surface area contributed by atoms with Gasteiger partial charge in [0.2, 0.25) is 0 Å². The molecular weight excluding hydrogens is 180 g/mol. The molecule has 1 unspecified atom stereocenters. The third-order valence-corrected chi connectivity index (χ3v) is 2.16. The van der Waals surface area contributed by atoms with Crippen molar-refractivity contribution in [1.29, 1.82) is 0 Å². The number of hydroxylamine groups is 2. The molecule has 1 aliphatic heterocycles. The van der Waals surface area contributed by atoms with Crippen molar-refractivity contribution in [2.75, 3.05) is 6.54 Å². The van der Waals surface area contributed by atoms with Crippen LogP contribution in [0.15, 0.2) is 30.3 Å². The quantitative estimate of drug-likeness (QED) is 0.700. The molecule has 4 heteroatoms. The molecule has 2 rings (SSSR count). The Morgan fingerprint density at radius 3 is 2.71 bits per heavy atom. The predicted molar refractivity (Wildman–Crippen MR) is 50.9 cm³/mol. The summed E-state index contributed by atoms with van der Waals surface area (Å²) >= 11 is 0. The van der Waals surface area contributed by atoms with E-state index in [9.17, 15) is 4.79 Å². The Morgan fingerprint density at radius 1 is 1.43 bits per heavy atom. The summed E-state index contributed by atoms with van der Waals surface area (Å²) in [5.74, 6) is -0.138. The molecule has 0 saturated carbocycles. The first-order valence-electron chi connectivity index (χ1n) is 4.51. The third kappa shape index (κ3) is 1.76. The number of hydrogen-bond acceptors (Lipinski definition) is 3. The Balaban J connectivity index is 1.82. The standard InChI is InChI=1S/C10H12N2O2/c11-9-6-12(10(9)13)14-7-8-4-2-1-3-5-8/h1-5,9H,6-7,11H2. The van der Waals surface area contributed by atoms with Gasteiger partial charge in [-0.05, 0) is 5.56 Å². The minimum Gasteiger partial charge on any atom is -0.318 e. The molecule has 4 nitrogen and oxygen atoms in total. The van der Waals surface area contributed by atoms with E-state index in [0.717, 1.165) is 5.56 Å². The molecule has 0 aliphatic carbocycles. The Hall–Kier alpha value is -1.39. The normalized spacial score (nSPS) is 20.8. The molecule has 1 heterocycles. The lowest BCUT2D eigenvalue weighted by atomic mass is 10.2. The van der Waals surface area contributed by atoms with E-state index in [-0.39, 0.29) is 11.9 Å². The molecule has 2 N–H and O–H groups in total. The SMILES string of the molecule is NC1CN(OCc2ccccc2)C1=O. The summed E-state index contributed by atoms with van der Waals surface area (Å²) in [7, 11) is 0. The van der Waals surface area contributed by atoms with E-state index in [1.807, 2.05) is 30.3 Å². The summed E-state index contributed by atoms with van der Waals surface area (Å²) in [6.07, 6.45) is 0. The highest BCUT2D eigenvalue weighted by atomic mass is 16.7. The molecule has 0 bridgehead atoms. The maximum Gasteiger partial charge on any atom is 0.265 e. The molecule has 1 aromatic rings. The number of rotatable bonds is 3. The van der Waals surface area contributed by atoms with Crippen molar-refractivity contribution in [3.05, 3.63) is 35.9 Å².